The van der Waals surface area contributed by atoms with Crippen molar-refractivity contribution in [2.24, 2.45) is 5.41 Å². The highest BCUT2D eigenvalue weighted by molar-refractivity contribution is 5.79. The molecule has 0 spiro atoms. The van der Waals surface area contributed by atoms with E-state index >= 15 is 0 Å². The topological polar surface area (TPSA) is 116 Å². The zero-order chi connectivity index (χ0) is 28.4. The van der Waals surface area contributed by atoms with Crippen LogP contribution in [0.2, 0.25) is 0 Å². The second kappa shape index (κ2) is 18.6. The van der Waals surface area contributed by atoms with Crippen LogP contribution in [0.4, 0.5) is 5.69 Å². The summed E-state index contributed by atoms with van der Waals surface area (Å²) >= 11 is 0. The van der Waals surface area contributed by atoms with E-state index in [1.54, 1.807) is 20.8 Å². The van der Waals surface area contributed by atoms with Crippen LogP contribution in [0.15, 0.2) is 12.1 Å². The molecule has 0 amide bonds. The van der Waals surface area contributed by atoms with Gasteiger partial charge >= 0.3 is 17.6 Å². The fourth-order valence-corrected chi connectivity index (χ4v) is 4.06. The highest BCUT2D eigenvalue weighted by Gasteiger charge is 2.27. The Morgan fingerprint density at radius 1 is 0.868 bits per heavy atom. The Kier molecular flexibility index (Phi) is 16.3. The van der Waals surface area contributed by atoms with Gasteiger partial charge in [0.25, 0.3) is 0 Å². The molecule has 0 saturated carbocycles. The van der Waals surface area contributed by atoms with Crippen molar-refractivity contribution >= 4 is 17.6 Å². The molecule has 0 saturated heterocycles. The largest absolute Gasteiger partial charge is 0.499 e. The number of nitrogens with zero attached hydrogens (tertiary/aromatic N) is 1. The van der Waals surface area contributed by atoms with Crippen LogP contribution in [-0.2, 0) is 20.7 Å². The Labute approximate surface area is 228 Å². The van der Waals surface area contributed by atoms with Crippen LogP contribution in [0, 0.1) is 15.5 Å². The molecule has 0 atom stereocenters. The highest BCUT2D eigenvalue weighted by Crippen LogP contribution is 2.38. The van der Waals surface area contributed by atoms with Crippen LogP contribution in [0.3, 0.4) is 0 Å². The minimum absolute atomic E-state index is 0.226. The number of hydrogen-bond acceptors (Lipinski definition) is 7. The van der Waals surface area contributed by atoms with Crippen molar-refractivity contribution in [3.8, 4) is 11.5 Å². The molecule has 0 aromatic heterocycles. The summed E-state index contributed by atoms with van der Waals surface area (Å²) in [5.41, 5.74) is -0.790. The van der Waals surface area contributed by atoms with E-state index in [2.05, 4.69) is 6.92 Å². The number of unbranched alkanes of at least 4 members (excludes halogenated alkanes) is 12. The van der Waals surface area contributed by atoms with Crippen molar-refractivity contribution in [3.63, 3.8) is 0 Å². The van der Waals surface area contributed by atoms with Crippen LogP contribution in [-0.4, -0.2) is 28.6 Å². The first kappa shape index (κ1) is 33.4. The summed E-state index contributed by atoms with van der Waals surface area (Å²) in [7, 11) is 0. The predicted octanol–water partition coefficient (Wildman–Crippen LogP) is 8.21. The lowest BCUT2D eigenvalue weighted by Gasteiger charge is -2.17. The molecule has 8 nitrogen and oxygen atoms in total. The fraction of sp³-hybridized carbons (Fsp3) is 0.733. The lowest BCUT2D eigenvalue weighted by molar-refractivity contribution is -0.386. The summed E-state index contributed by atoms with van der Waals surface area (Å²) < 4.78 is 10.6. The summed E-state index contributed by atoms with van der Waals surface area (Å²) in [5, 5.41) is 21.5. The van der Waals surface area contributed by atoms with Crippen molar-refractivity contribution in [1.82, 2.24) is 0 Å². The van der Waals surface area contributed by atoms with Gasteiger partial charge in [-0.05, 0) is 58.1 Å². The van der Waals surface area contributed by atoms with E-state index in [0.29, 0.717) is 31.4 Å². The zero-order valence-corrected chi connectivity index (χ0v) is 24.0. The molecule has 1 N–H and O–H groups in total. The first-order chi connectivity index (χ1) is 18.1. The van der Waals surface area contributed by atoms with Gasteiger partial charge in [-0.1, -0.05) is 77.6 Å². The minimum Gasteiger partial charge on any atom is -0.499 e. The number of esters is 2. The number of phenols is 1. The summed E-state index contributed by atoms with van der Waals surface area (Å²) in [6.07, 6.45) is 17.0. The number of aryl methyl sites for hydroxylation is 1. The second-order valence-corrected chi connectivity index (χ2v) is 11.2. The quantitative estimate of drug-likeness (QED) is 0.0588. The number of carbonyl (C=O) groups excluding carboxylic acids is 2. The van der Waals surface area contributed by atoms with E-state index in [1.807, 2.05) is 0 Å². The normalized spacial score (nSPS) is 11.4. The third-order valence-electron chi connectivity index (χ3n) is 6.48. The van der Waals surface area contributed by atoms with Crippen LogP contribution >= 0.6 is 0 Å². The average molecular weight is 536 g/mol. The summed E-state index contributed by atoms with van der Waals surface area (Å²) in [6.45, 7) is 7.65. The first-order valence-corrected chi connectivity index (χ1v) is 14.4. The molecule has 1 aromatic rings. The smallest absolute Gasteiger partial charge is 0.316 e. The number of aromatic hydroxyl groups is 1. The lowest BCUT2D eigenvalue weighted by atomic mass is 9.97. The van der Waals surface area contributed by atoms with E-state index in [9.17, 15) is 24.8 Å². The number of phenolic OH excluding ortho intramolecular Hbond substituents is 1. The summed E-state index contributed by atoms with van der Waals surface area (Å²) in [5.74, 6) is -1.73. The monoisotopic (exact) mass is 535 g/mol. The number of ether oxygens (including phenoxy) is 2. The molecule has 0 radical (unpaired) electrons. The van der Waals surface area contributed by atoms with Crippen molar-refractivity contribution < 1.29 is 29.1 Å². The van der Waals surface area contributed by atoms with E-state index in [4.69, 9.17) is 9.47 Å². The summed E-state index contributed by atoms with van der Waals surface area (Å²) in [6, 6.07) is 2.72. The SMILES string of the molecule is CCCCCCCCCCCCCCOC(=O)CCCCc1cc(OC(=O)C(C)(C)C)c(O)c([N+](=O)[O-])c1. The molecule has 0 unspecified atom stereocenters. The molecule has 0 aliphatic carbocycles. The fourth-order valence-electron chi connectivity index (χ4n) is 4.06. The van der Waals surface area contributed by atoms with Crippen molar-refractivity contribution in [1.29, 1.82) is 0 Å². The number of carbonyl (C=O) groups is 2. The maximum absolute atomic E-state index is 12.2. The van der Waals surface area contributed by atoms with Gasteiger partial charge in [0.15, 0.2) is 5.75 Å². The molecule has 216 valence electrons. The molecule has 38 heavy (non-hydrogen) atoms. The molecule has 0 fully saturated rings. The molecule has 0 bridgehead atoms. The van der Waals surface area contributed by atoms with E-state index in [0.717, 1.165) is 12.8 Å². The molecule has 0 aliphatic rings. The Bertz CT molecular complexity index is 861. The molecule has 1 aromatic carbocycles. The van der Waals surface area contributed by atoms with Crippen molar-refractivity contribution in [3.05, 3.63) is 27.8 Å². The number of benzene rings is 1. The third kappa shape index (κ3) is 14.3. The highest BCUT2D eigenvalue weighted by atomic mass is 16.6. The van der Waals surface area contributed by atoms with Crippen LogP contribution in [0.5, 0.6) is 11.5 Å². The Hall–Kier alpha value is -2.64. The second-order valence-electron chi connectivity index (χ2n) is 11.2. The maximum Gasteiger partial charge on any atom is 0.316 e. The Morgan fingerprint density at radius 2 is 1.42 bits per heavy atom. The predicted molar refractivity (Wildman–Crippen MR) is 149 cm³/mol. The zero-order valence-electron chi connectivity index (χ0n) is 24.0. The standard InChI is InChI=1S/C30H49NO7/c1-5-6-7-8-9-10-11-12-13-14-15-18-21-37-27(32)20-17-16-19-24-22-25(31(35)36)28(33)26(23-24)38-29(34)30(2,3)4/h22-23,33H,5-21H2,1-4H3. The van der Waals surface area contributed by atoms with Gasteiger partial charge in [0.1, 0.15) is 0 Å². The van der Waals surface area contributed by atoms with Gasteiger partial charge in [0.2, 0.25) is 5.75 Å². The lowest BCUT2D eigenvalue weighted by Crippen LogP contribution is -2.25. The first-order valence-electron chi connectivity index (χ1n) is 14.4. The Morgan fingerprint density at radius 3 is 1.95 bits per heavy atom. The number of hydrogen-bond donors (Lipinski definition) is 1. The van der Waals surface area contributed by atoms with E-state index in [1.165, 1.54) is 76.3 Å². The molecule has 8 heteroatoms. The van der Waals surface area contributed by atoms with Gasteiger partial charge in [-0.25, -0.2) is 0 Å². The van der Waals surface area contributed by atoms with Crippen molar-refractivity contribution in [2.75, 3.05) is 6.61 Å². The van der Waals surface area contributed by atoms with Gasteiger partial charge < -0.3 is 14.6 Å². The molecule has 0 aliphatic heterocycles. The van der Waals surface area contributed by atoms with Gasteiger partial charge in [-0.15, -0.1) is 0 Å². The van der Waals surface area contributed by atoms with Crippen LogP contribution in [0.1, 0.15) is 130 Å². The average Bonchev–Trinajstić information content (AvgIpc) is 2.85. The number of rotatable bonds is 20. The molecule has 1 rings (SSSR count). The molecular formula is C30H49NO7. The third-order valence-corrected chi connectivity index (χ3v) is 6.48. The number of nitro groups is 1. The van der Waals surface area contributed by atoms with Crippen molar-refractivity contribution in [2.45, 2.75) is 130 Å². The van der Waals surface area contributed by atoms with E-state index in [-0.39, 0.29) is 18.1 Å². The van der Waals surface area contributed by atoms with Gasteiger partial charge in [-0.2, -0.15) is 0 Å². The van der Waals surface area contributed by atoms with Gasteiger partial charge in [0, 0.05) is 12.5 Å². The minimum atomic E-state index is -0.829. The van der Waals surface area contributed by atoms with Crippen LogP contribution in [0.25, 0.3) is 0 Å². The van der Waals surface area contributed by atoms with Gasteiger partial charge in [0.05, 0.1) is 16.9 Å². The number of nitro benzene ring substituents is 1. The summed E-state index contributed by atoms with van der Waals surface area (Å²) in [4.78, 5) is 34.8. The molecule has 0 heterocycles. The van der Waals surface area contributed by atoms with Crippen LogP contribution < -0.4 is 4.74 Å². The van der Waals surface area contributed by atoms with Gasteiger partial charge in [-0.3, -0.25) is 19.7 Å². The Balaban J connectivity index is 2.25. The van der Waals surface area contributed by atoms with E-state index < -0.39 is 27.7 Å². The molecular weight excluding hydrogens is 486 g/mol. The maximum atomic E-state index is 12.2.